The van der Waals surface area contributed by atoms with Crippen LogP contribution in [0, 0.1) is 5.92 Å². The molecule has 1 unspecified atom stereocenters. The topological polar surface area (TPSA) is 114 Å². The summed E-state index contributed by atoms with van der Waals surface area (Å²) in [6.07, 6.45) is 1.14. The number of hydrogen-bond acceptors (Lipinski definition) is 5. The number of hydrogen-bond donors (Lipinski definition) is 3. The van der Waals surface area contributed by atoms with Gasteiger partial charge in [0.2, 0.25) is 5.91 Å². The van der Waals surface area contributed by atoms with E-state index in [0.29, 0.717) is 19.4 Å². The summed E-state index contributed by atoms with van der Waals surface area (Å²) in [4.78, 5) is 36.9. The summed E-state index contributed by atoms with van der Waals surface area (Å²) in [5.74, 6) is -1.27. The number of aliphatic carboxylic acids is 1. The predicted octanol–water partition coefficient (Wildman–Crippen LogP) is 5.90. The lowest BCUT2D eigenvalue weighted by Crippen LogP contribution is -2.48. The molecule has 4 rings (SSSR count). The highest BCUT2D eigenvalue weighted by Gasteiger charge is 2.29. The maximum atomic E-state index is 12.6. The van der Waals surface area contributed by atoms with Crippen molar-refractivity contribution in [2.24, 2.45) is 5.92 Å². The van der Waals surface area contributed by atoms with Crippen LogP contribution in [0.2, 0.25) is 0 Å². The van der Waals surface area contributed by atoms with E-state index in [1.54, 1.807) is 6.92 Å². The second-order valence-corrected chi connectivity index (χ2v) is 10.7. The van der Waals surface area contributed by atoms with Crippen LogP contribution in [-0.4, -0.2) is 48.4 Å². The van der Waals surface area contributed by atoms with Gasteiger partial charge in [-0.05, 0) is 53.5 Å². The van der Waals surface area contributed by atoms with Gasteiger partial charge in [0.05, 0.1) is 12.7 Å². The van der Waals surface area contributed by atoms with Gasteiger partial charge < -0.3 is 25.2 Å². The van der Waals surface area contributed by atoms with Crippen LogP contribution in [0.25, 0.3) is 11.1 Å². The Morgan fingerprint density at radius 2 is 1.50 bits per heavy atom. The van der Waals surface area contributed by atoms with Gasteiger partial charge in [-0.25, -0.2) is 9.59 Å². The zero-order valence-corrected chi connectivity index (χ0v) is 24.3. The van der Waals surface area contributed by atoms with Gasteiger partial charge in [-0.15, -0.1) is 0 Å². The highest BCUT2D eigenvalue weighted by molar-refractivity contribution is 5.84. The van der Waals surface area contributed by atoms with E-state index in [9.17, 15) is 19.5 Å². The van der Waals surface area contributed by atoms with Crippen LogP contribution in [0.15, 0.2) is 78.9 Å². The maximum absolute atomic E-state index is 12.6. The van der Waals surface area contributed by atoms with E-state index in [0.717, 1.165) is 23.1 Å². The number of rotatable bonds is 15. The number of fused-ring (bicyclic) bond motifs is 3. The molecule has 3 N–H and O–H groups in total. The molecule has 0 bridgehead atoms. The van der Waals surface area contributed by atoms with Gasteiger partial charge in [0, 0.05) is 18.9 Å². The molecule has 222 valence electrons. The molecule has 0 saturated heterocycles. The number of amides is 2. The lowest BCUT2D eigenvalue weighted by Gasteiger charge is -2.22. The summed E-state index contributed by atoms with van der Waals surface area (Å²) in [6.45, 7) is 4.63. The quantitative estimate of drug-likeness (QED) is 0.209. The molecule has 0 spiro atoms. The zero-order chi connectivity index (χ0) is 29.9. The van der Waals surface area contributed by atoms with Gasteiger partial charge in [0.15, 0.2) is 6.04 Å². The summed E-state index contributed by atoms with van der Waals surface area (Å²) in [6, 6.07) is 24.7. The molecule has 1 aliphatic rings. The minimum atomic E-state index is -1.14. The average molecular weight is 573 g/mol. The first-order valence-electron chi connectivity index (χ1n) is 14.6. The second-order valence-electron chi connectivity index (χ2n) is 10.7. The maximum Gasteiger partial charge on any atom is 0.407 e. The van der Waals surface area contributed by atoms with Gasteiger partial charge >= 0.3 is 12.1 Å². The largest absolute Gasteiger partial charge is 0.480 e. The van der Waals surface area contributed by atoms with Crippen LogP contribution in [-0.2, 0) is 25.7 Å². The average Bonchev–Trinajstić information content (AvgIpc) is 3.33. The van der Waals surface area contributed by atoms with Crippen LogP contribution < -0.4 is 10.6 Å². The molecule has 0 aliphatic heterocycles. The fourth-order valence-electron chi connectivity index (χ4n) is 5.44. The smallest absolute Gasteiger partial charge is 0.407 e. The van der Waals surface area contributed by atoms with Crippen molar-refractivity contribution in [1.82, 2.24) is 10.6 Å². The Morgan fingerprint density at radius 3 is 2.12 bits per heavy atom. The minimum Gasteiger partial charge on any atom is -0.480 e. The Hall–Kier alpha value is -4.17. The molecule has 42 heavy (non-hydrogen) atoms. The Balaban J connectivity index is 1.17. The number of nitrogens with one attached hydrogen (secondary N) is 2. The summed E-state index contributed by atoms with van der Waals surface area (Å²) >= 11 is 0. The molecule has 3 atom stereocenters. The summed E-state index contributed by atoms with van der Waals surface area (Å²) in [7, 11) is 0. The van der Waals surface area contributed by atoms with Crippen LogP contribution in [0.5, 0.6) is 0 Å². The summed E-state index contributed by atoms with van der Waals surface area (Å²) < 4.78 is 11.3. The molecule has 0 saturated carbocycles. The van der Waals surface area contributed by atoms with E-state index < -0.39 is 24.2 Å². The number of alkyl carbamates (subject to hydrolysis) is 1. The lowest BCUT2D eigenvalue weighted by atomic mass is 9.96. The zero-order valence-electron chi connectivity index (χ0n) is 24.3. The first-order valence-corrected chi connectivity index (χ1v) is 14.6. The van der Waals surface area contributed by atoms with Crippen molar-refractivity contribution in [1.29, 1.82) is 0 Å². The Kier molecular flexibility index (Phi) is 11.1. The number of carbonyl (C=O) groups is 3. The number of carboxylic acids is 1. The summed E-state index contributed by atoms with van der Waals surface area (Å²) in [5.41, 5.74) is 5.62. The molecule has 3 aromatic rings. The van der Waals surface area contributed by atoms with Gasteiger partial charge in [-0.3, -0.25) is 4.79 Å². The first-order chi connectivity index (χ1) is 20.4. The van der Waals surface area contributed by atoms with Crippen LogP contribution in [0.3, 0.4) is 0 Å². The van der Waals surface area contributed by atoms with Crippen molar-refractivity contribution in [3.8, 4) is 11.1 Å². The monoisotopic (exact) mass is 572 g/mol. The Bertz CT molecular complexity index is 1300. The minimum absolute atomic E-state index is 0.00568. The molecule has 0 radical (unpaired) electrons. The van der Waals surface area contributed by atoms with Crippen LogP contribution >= 0.6 is 0 Å². The Morgan fingerprint density at radius 1 is 0.881 bits per heavy atom. The third-order valence-corrected chi connectivity index (χ3v) is 7.93. The lowest BCUT2D eigenvalue weighted by molar-refractivity contribution is -0.146. The molecule has 3 aromatic carbocycles. The van der Waals surface area contributed by atoms with Crippen molar-refractivity contribution in [3.63, 3.8) is 0 Å². The number of benzene rings is 3. The number of carboxylic acid groups (broad SMARTS) is 1. The van der Waals surface area contributed by atoms with E-state index >= 15 is 0 Å². The number of ether oxygens (including phenoxy) is 2. The van der Waals surface area contributed by atoms with Crippen molar-refractivity contribution < 1.29 is 29.0 Å². The van der Waals surface area contributed by atoms with Crippen molar-refractivity contribution >= 4 is 18.0 Å². The molecular formula is C34H40N2O6. The molecular weight excluding hydrogens is 532 g/mol. The molecule has 0 fully saturated rings. The molecule has 2 amide bonds. The van der Waals surface area contributed by atoms with Gasteiger partial charge in [0.25, 0.3) is 0 Å². The third kappa shape index (κ3) is 8.19. The first kappa shape index (κ1) is 30.8. The van der Waals surface area contributed by atoms with Gasteiger partial charge in [0.1, 0.15) is 6.61 Å². The van der Waals surface area contributed by atoms with E-state index in [-0.39, 0.29) is 37.4 Å². The highest BCUT2D eigenvalue weighted by atomic mass is 16.5. The molecule has 1 aliphatic carbocycles. The van der Waals surface area contributed by atoms with E-state index in [1.807, 2.05) is 61.5 Å². The normalized spacial score (nSPS) is 14.2. The predicted molar refractivity (Wildman–Crippen MR) is 161 cm³/mol. The second kappa shape index (κ2) is 15.2. The fraction of sp³-hybridized carbons (Fsp3) is 0.382. The number of carbonyl (C=O) groups excluding carboxylic acids is 2. The Labute approximate surface area is 247 Å². The third-order valence-electron chi connectivity index (χ3n) is 7.93. The van der Waals surface area contributed by atoms with E-state index in [1.165, 1.54) is 11.1 Å². The van der Waals surface area contributed by atoms with E-state index in [4.69, 9.17) is 9.47 Å². The standard InChI is InChI=1S/C34H40N2O6/c1-3-24(17-18-31(37)36-32(33(38)39)23(2)41-21-25-11-5-4-6-12-25)19-20-35-34(40)42-22-30-28-15-9-7-13-26(28)27-14-8-10-16-29(27)30/h4-16,23-24,30,32H,3,17-22H2,1-2H3,(H,35,40)(H,36,37)(H,38,39)/t23-,24?,32+/m1/s1. The summed E-state index contributed by atoms with van der Waals surface area (Å²) in [5, 5.41) is 15.1. The molecule has 8 heteroatoms. The van der Waals surface area contributed by atoms with E-state index in [2.05, 4.69) is 34.9 Å². The fourth-order valence-corrected chi connectivity index (χ4v) is 5.44. The van der Waals surface area contributed by atoms with Crippen molar-refractivity contribution in [2.45, 2.75) is 64.2 Å². The molecule has 0 aromatic heterocycles. The van der Waals surface area contributed by atoms with Crippen LogP contribution in [0.1, 0.15) is 62.1 Å². The van der Waals surface area contributed by atoms with Gasteiger partial charge in [-0.1, -0.05) is 92.2 Å². The van der Waals surface area contributed by atoms with Gasteiger partial charge in [-0.2, -0.15) is 0 Å². The SMILES string of the molecule is CCC(CCNC(=O)OCC1c2ccccc2-c2ccccc21)CCC(=O)N[C@H](C(=O)O)[C@@H](C)OCc1ccccc1. The molecule has 8 nitrogen and oxygen atoms in total. The van der Waals surface area contributed by atoms with Crippen molar-refractivity contribution in [2.75, 3.05) is 13.2 Å². The van der Waals surface area contributed by atoms with Crippen molar-refractivity contribution in [3.05, 3.63) is 95.6 Å². The van der Waals surface area contributed by atoms with Crippen LogP contribution in [0.4, 0.5) is 4.79 Å². The molecule has 0 heterocycles. The highest BCUT2D eigenvalue weighted by Crippen LogP contribution is 2.44.